The van der Waals surface area contributed by atoms with Gasteiger partial charge < -0.3 is 27.7 Å². The maximum Gasteiger partial charge on any atom is 0.199 e. The first kappa shape index (κ1) is 17.9. The first-order valence-corrected chi connectivity index (χ1v) is 9.02. The van der Waals surface area contributed by atoms with E-state index in [4.69, 9.17) is 27.7 Å². The monoisotopic (exact) mass is 438 g/mol. The largest absolute Gasteiger partial charge is 0.455 e. The van der Waals surface area contributed by atoms with Crippen LogP contribution in [0.4, 0.5) is 22.7 Å². The molecule has 1 aliphatic rings. The second-order valence-electron chi connectivity index (χ2n) is 6.31. The number of carbonyl (C=O) groups is 2. The zero-order chi connectivity index (χ0) is 20.2. The van der Waals surface area contributed by atoms with Crippen LogP contribution in [-0.4, -0.2) is 11.6 Å². The van der Waals surface area contributed by atoms with E-state index in [1.54, 1.807) is 24.3 Å². The number of carbonyl (C=O) groups excluding carboxylic acids is 2. The lowest BCUT2D eigenvalue weighted by Gasteiger charge is -2.24. The van der Waals surface area contributed by atoms with Gasteiger partial charge in [-0.15, -0.1) is 0 Å². The molecule has 0 bridgehead atoms. The summed E-state index contributed by atoms with van der Waals surface area (Å²) in [7, 11) is 0. The van der Waals surface area contributed by atoms with E-state index in [1.807, 2.05) is 6.07 Å². The van der Waals surface area contributed by atoms with E-state index in [0.717, 1.165) is 0 Å². The first-order chi connectivity index (χ1) is 13.3. The highest BCUT2D eigenvalue weighted by molar-refractivity contribution is 9.10. The highest BCUT2D eigenvalue weighted by Gasteiger charge is 2.38. The SMILES string of the molecule is Nc1cc(Br)c(N)c2c1C(=O)c1c(N)cc(Oc3ccccc3)c(N)c1C2=O. The van der Waals surface area contributed by atoms with Gasteiger partial charge in [-0.2, -0.15) is 0 Å². The van der Waals surface area contributed by atoms with Gasteiger partial charge in [0.1, 0.15) is 5.75 Å². The third-order valence-corrected chi connectivity index (χ3v) is 5.24. The van der Waals surface area contributed by atoms with Crippen molar-refractivity contribution in [3.8, 4) is 11.5 Å². The molecule has 140 valence electrons. The Hall–Kier alpha value is -3.52. The number of halogens is 1. The Morgan fingerprint density at radius 2 is 1.25 bits per heavy atom. The quantitative estimate of drug-likeness (QED) is 0.350. The third-order valence-electron chi connectivity index (χ3n) is 4.59. The molecule has 7 nitrogen and oxygen atoms in total. The zero-order valence-corrected chi connectivity index (χ0v) is 16.0. The predicted molar refractivity (Wildman–Crippen MR) is 112 cm³/mol. The van der Waals surface area contributed by atoms with Gasteiger partial charge in [-0.05, 0) is 34.1 Å². The smallest absolute Gasteiger partial charge is 0.199 e. The Balaban J connectivity index is 1.96. The summed E-state index contributed by atoms with van der Waals surface area (Å²) in [5.41, 5.74) is 24.7. The molecule has 0 saturated carbocycles. The second kappa shape index (κ2) is 6.28. The van der Waals surface area contributed by atoms with Crippen molar-refractivity contribution in [2.75, 3.05) is 22.9 Å². The molecule has 0 atom stereocenters. The first-order valence-electron chi connectivity index (χ1n) is 8.23. The van der Waals surface area contributed by atoms with E-state index in [2.05, 4.69) is 15.9 Å². The number of rotatable bonds is 2. The lowest BCUT2D eigenvalue weighted by Crippen LogP contribution is -2.26. The zero-order valence-electron chi connectivity index (χ0n) is 14.5. The van der Waals surface area contributed by atoms with E-state index in [-0.39, 0.29) is 50.8 Å². The Labute approximate surface area is 168 Å². The van der Waals surface area contributed by atoms with Crippen molar-refractivity contribution in [1.29, 1.82) is 0 Å². The molecule has 3 aromatic carbocycles. The minimum atomic E-state index is -0.530. The van der Waals surface area contributed by atoms with Crippen molar-refractivity contribution in [3.63, 3.8) is 0 Å². The van der Waals surface area contributed by atoms with E-state index in [0.29, 0.717) is 10.2 Å². The van der Waals surface area contributed by atoms with Crippen LogP contribution in [0.5, 0.6) is 11.5 Å². The van der Waals surface area contributed by atoms with Gasteiger partial charge in [0.25, 0.3) is 0 Å². The fourth-order valence-corrected chi connectivity index (χ4v) is 3.73. The Morgan fingerprint density at radius 1 is 0.714 bits per heavy atom. The summed E-state index contributed by atoms with van der Waals surface area (Å²) < 4.78 is 6.19. The highest BCUT2D eigenvalue weighted by atomic mass is 79.9. The molecule has 0 aromatic heterocycles. The number of para-hydroxylation sites is 1. The summed E-state index contributed by atoms with van der Waals surface area (Å²) in [6.07, 6.45) is 0. The summed E-state index contributed by atoms with van der Waals surface area (Å²) in [6, 6.07) is 11.8. The molecule has 0 heterocycles. The summed E-state index contributed by atoms with van der Waals surface area (Å²) >= 11 is 3.26. The van der Waals surface area contributed by atoms with Crippen molar-refractivity contribution in [3.05, 3.63) is 69.2 Å². The normalized spacial score (nSPS) is 12.5. The Morgan fingerprint density at radius 3 is 1.89 bits per heavy atom. The van der Waals surface area contributed by atoms with Gasteiger partial charge in [0.15, 0.2) is 17.3 Å². The van der Waals surface area contributed by atoms with Gasteiger partial charge in [0, 0.05) is 21.9 Å². The van der Waals surface area contributed by atoms with Crippen molar-refractivity contribution in [1.82, 2.24) is 0 Å². The molecule has 0 aliphatic heterocycles. The molecule has 0 fully saturated rings. The molecule has 4 rings (SSSR count). The summed E-state index contributed by atoms with van der Waals surface area (Å²) in [5.74, 6) is -0.349. The van der Waals surface area contributed by atoms with Crippen LogP contribution in [0.1, 0.15) is 31.8 Å². The van der Waals surface area contributed by atoms with E-state index in [1.165, 1.54) is 12.1 Å². The minimum Gasteiger partial charge on any atom is -0.455 e. The Bertz CT molecular complexity index is 1180. The number of fused-ring (bicyclic) bond motifs is 2. The number of anilines is 4. The van der Waals surface area contributed by atoms with Gasteiger partial charge in [-0.1, -0.05) is 18.2 Å². The van der Waals surface area contributed by atoms with Crippen LogP contribution in [0.2, 0.25) is 0 Å². The van der Waals surface area contributed by atoms with Crippen molar-refractivity contribution in [2.24, 2.45) is 0 Å². The number of nitrogens with two attached hydrogens (primary N) is 4. The number of ketones is 2. The molecule has 1 aliphatic carbocycles. The Kier molecular flexibility index (Phi) is 4.01. The molecule has 28 heavy (non-hydrogen) atoms. The van der Waals surface area contributed by atoms with Crippen molar-refractivity contribution >= 4 is 50.2 Å². The van der Waals surface area contributed by atoms with E-state index in [9.17, 15) is 9.59 Å². The fourth-order valence-electron chi connectivity index (χ4n) is 3.29. The number of nitrogen functional groups attached to an aromatic ring is 4. The van der Waals surface area contributed by atoms with Crippen molar-refractivity contribution in [2.45, 2.75) is 0 Å². The average Bonchev–Trinajstić information content (AvgIpc) is 2.66. The van der Waals surface area contributed by atoms with Gasteiger partial charge in [-0.25, -0.2) is 0 Å². The van der Waals surface area contributed by atoms with Gasteiger partial charge in [0.2, 0.25) is 0 Å². The molecule has 0 amide bonds. The maximum absolute atomic E-state index is 13.3. The van der Waals surface area contributed by atoms with E-state index >= 15 is 0 Å². The molecule has 0 saturated heterocycles. The molecule has 3 aromatic rings. The molecule has 8 heteroatoms. The van der Waals surface area contributed by atoms with Gasteiger partial charge in [-0.3, -0.25) is 9.59 Å². The number of hydrogen-bond acceptors (Lipinski definition) is 7. The summed E-state index contributed by atoms with van der Waals surface area (Å²) in [5, 5.41) is 0. The van der Waals surface area contributed by atoms with Crippen LogP contribution >= 0.6 is 15.9 Å². The van der Waals surface area contributed by atoms with Crippen LogP contribution < -0.4 is 27.7 Å². The number of ether oxygens (including phenoxy) is 1. The lowest BCUT2D eigenvalue weighted by atomic mass is 9.80. The molecule has 0 unspecified atom stereocenters. The summed E-state index contributed by atoms with van der Waals surface area (Å²) in [6.45, 7) is 0. The van der Waals surface area contributed by atoms with Crippen LogP contribution in [-0.2, 0) is 0 Å². The maximum atomic E-state index is 13.3. The van der Waals surface area contributed by atoms with Gasteiger partial charge >= 0.3 is 0 Å². The second-order valence-corrected chi connectivity index (χ2v) is 7.17. The topological polar surface area (TPSA) is 147 Å². The lowest BCUT2D eigenvalue weighted by molar-refractivity contribution is 0.0981. The summed E-state index contributed by atoms with van der Waals surface area (Å²) in [4.78, 5) is 26.4. The third kappa shape index (κ3) is 2.49. The van der Waals surface area contributed by atoms with Crippen LogP contribution in [0, 0.1) is 0 Å². The van der Waals surface area contributed by atoms with E-state index < -0.39 is 11.6 Å². The van der Waals surface area contributed by atoms with Crippen LogP contribution in [0.15, 0.2) is 46.9 Å². The minimum absolute atomic E-state index is 0.00355. The molecular formula is C20H15BrN4O3. The predicted octanol–water partition coefficient (Wildman–Crippen LogP) is 3.35. The number of benzene rings is 3. The molecule has 0 spiro atoms. The standard InChI is InChI=1S/C20H15BrN4O3/c21-9-6-10(22)13-15(17(9)24)20(27)16-14(19(13)26)11(23)7-12(18(16)25)28-8-4-2-1-3-5-8/h1-7H,22-25H2. The van der Waals surface area contributed by atoms with Crippen LogP contribution in [0.3, 0.4) is 0 Å². The number of hydrogen-bond donors (Lipinski definition) is 4. The van der Waals surface area contributed by atoms with Crippen LogP contribution in [0.25, 0.3) is 0 Å². The molecule has 0 radical (unpaired) electrons. The molecular weight excluding hydrogens is 424 g/mol. The van der Waals surface area contributed by atoms with Gasteiger partial charge in [0.05, 0.1) is 33.6 Å². The fraction of sp³-hybridized carbons (Fsp3) is 0. The molecule has 8 N–H and O–H groups in total. The average molecular weight is 439 g/mol. The highest BCUT2D eigenvalue weighted by Crippen LogP contribution is 2.44. The van der Waals surface area contributed by atoms with Crippen molar-refractivity contribution < 1.29 is 14.3 Å².